The van der Waals surface area contributed by atoms with Crippen molar-refractivity contribution in [2.24, 2.45) is 5.41 Å². The molecule has 2 aliphatic rings. The molecule has 4 rings (SSSR count). The first kappa shape index (κ1) is 25.8. The van der Waals surface area contributed by atoms with Crippen molar-refractivity contribution in [2.75, 3.05) is 26.8 Å². The van der Waals surface area contributed by atoms with Crippen LogP contribution in [0.3, 0.4) is 0 Å². The van der Waals surface area contributed by atoms with Gasteiger partial charge in [-0.3, -0.25) is 19.3 Å². The zero-order valence-corrected chi connectivity index (χ0v) is 21.4. The van der Waals surface area contributed by atoms with Crippen LogP contribution >= 0.6 is 0 Å². The van der Waals surface area contributed by atoms with Gasteiger partial charge in [-0.25, -0.2) is 0 Å². The van der Waals surface area contributed by atoms with E-state index in [1.807, 2.05) is 25.7 Å². The van der Waals surface area contributed by atoms with E-state index in [0.717, 1.165) is 0 Å². The largest absolute Gasteiger partial charge is 0.497 e. The van der Waals surface area contributed by atoms with Gasteiger partial charge in [0.05, 0.1) is 26.5 Å². The topological polar surface area (TPSA) is 101 Å². The summed E-state index contributed by atoms with van der Waals surface area (Å²) in [7, 11) is 1.56. The fourth-order valence-electron chi connectivity index (χ4n) is 4.82. The molecule has 2 saturated heterocycles. The average Bonchev–Trinajstić information content (AvgIpc) is 3.50. The summed E-state index contributed by atoms with van der Waals surface area (Å²) in [6.07, 6.45) is 2.87. The molecular weight excluding hydrogens is 462 g/mol. The van der Waals surface area contributed by atoms with Crippen molar-refractivity contribution in [2.45, 2.75) is 58.3 Å². The van der Waals surface area contributed by atoms with Crippen molar-refractivity contribution in [1.29, 1.82) is 0 Å². The Morgan fingerprint density at radius 1 is 1.11 bits per heavy atom. The van der Waals surface area contributed by atoms with Crippen LogP contribution < -0.4 is 10.1 Å². The number of carbonyl (C=O) groups excluding carboxylic acids is 3. The maximum Gasteiger partial charge on any atom is 0.256 e. The predicted molar refractivity (Wildman–Crippen MR) is 132 cm³/mol. The lowest BCUT2D eigenvalue weighted by Gasteiger charge is -2.44. The highest BCUT2D eigenvalue weighted by atomic mass is 16.5. The number of methoxy groups -OCH3 is 1. The third-order valence-corrected chi connectivity index (χ3v) is 6.71. The van der Waals surface area contributed by atoms with Gasteiger partial charge in [-0.2, -0.15) is 0 Å². The molecule has 1 aromatic heterocycles. The molecule has 3 heterocycles. The lowest BCUT2D eigenvalue weighted by Crippen LogP contribution is -2.59. The smallest absolute Gasteiger partial charge is 0.256 e. The minimum absolute atomic E-state index is 0.0851. The number of nitrogens with one attached hydrogen (secondary N) is 1. The Labute approximate surface area is 211 Å². The van der Waals surface area contributed by atoms with Crippen molar-refractivity contribution in [3.63, 3.8) is 0 Å². The van der Waals surface area contributed by atoms with Gasteiger partial charge in [0.2, 0.25) is 11.8 Å². The van der Waals surface area contributed by atoms with Crippen molar-refractivity contribution < 1.29 is 28.3 Å². The van der Waals surface area contributed by atoms with E-state index in [0.29, 0.717) is 49.4 Å². The standard InChI is InChI=1S/C27H35N3O6/c1-26(2,3)16-23(31)29-13-11-27(12-14-29)30(25(33)19-7-9-20(34-4)10-8-19)22(18-36-27)24(32)28-17-21-6-5-15-35-21/h5-10,15,22H,11-14,16-18H2,1-4H3,(H,28,32). The van der Waals surface area contributed by atoms with E-state index in [2.05, 4.69) is 5.32 Å². The van der Waals surface area contributed by atoms with Gasteiger partial charge in [0.15, 0.2) is 0 Å². The second-order valence-corrected chi connectivity index (χ2v) is 10.6. The first-order valence-corrected chi connectivity index (χ1v) is 12.3. The van der Waals surface area contributed by atoms with E-state index in [9.17, 15) is 14.4 Å². The van der Waals surface area contributed by atoms with Crippen molar-refractivity contribution in [3.8, 4) is 5.75 Å². The molecular formula is C27H35N3O6. The van der Waals surface area contributed by atoms with Crippen LogP contribution in [0, 0.1) is 5.41 Å². The third-order valence-electron chi connectivity index (χ3n) is 6.71. The molecule has 1 N–H and O–H groups in total. The van der Waals surface area contributed by atoms with Crippen molar-refractivity contribution >= 4 is 17.7 Å². The SMILES string of the molecule is COc1ccc(C(=O)N2C(C(=O)NCc3ccco3)COC23CCN(C(=O)CC(C)(C)C)CC3)cc1. The molecule has 3 amide bonds. The summed E-state index contributed by atoms with van der Waals surface area (Å²) in [6, 6.07) is 9.54. The van der Waals surface area contributed by atoms with E-state index in [-0.39, 0.29) is 36.3 Å². The highest BCUT2D eigenvalue weighted by Crippen LogP contribution is 2.39. The molecule has 1 unspecified atom stereocenters. The number of ether oxygens (including phenoxy) is 2. The number of hydrogen-bond acceptors (Lipinski definition) is 6. The fraction of sp³-hybridized carbons (Fsp3) is 0.519. The number of furan rings is 1. The molecule has 2 aromatic rings. The van der Waals surface area contributed by atoms with Crippen LogP contribution in [-0.2, 0) is 20.9 Å². The highest BCUT2D eigenvalue weighted by Gasteiger charge is 2.54. The second kappa shape index (κ2) is 10.3. The number of carbonyl (C=O) groups is 3. The number of rotatable bonds is 6. The van der Waals surface area contributed by atoms with Crippen LogP contribution in [-0.4, -0.2) is 66.1 Å². The van der Waals surface area contributed by atoms with Crippen LogP contribution in [0.15, 0.2) is 47.1 Å². The fourth-order valence-corrected chi connectivity index (χ4v) is 4.82. The summed E-state index contributed by atoms with van der Waals surface area (Å²) >= 11 is 0. The lowest BCUT2D eigenvalue weighted by atomic mass is 9.90. The molecule has 9 nitrogen and oxygen atoms in total. The Balaban J connectivity index is 1.54. The Bertz CT molecular complexity index is 1070. The molecule has 194 valence electrons. The summed E-state index contributed by atoms with van der Waals surface area (Å²) < 4.78 is 16.8. The Hall–Kier alpha value is -3.33. The van der Waals surface area contributed by atoms with Crippen molar-refractivity contribution in [1.82, 2.24) is 15.1 Å². The van der Waals surface area contributed by atoms with Gasteiger partial charge in [0.25, 0.3) is 5.91 Å². The van der Waals surface area contributed by atoms with E-state index in [1.54, 1.807) is 54.7 Å². The Morgan fingerprint density at radius 2 is 1.81 bits per heavy atom. The zero-order chi connectivity index (χ0) is 25.9. The normalized spacial score (nSPS) is 19.4. The molecule has 1 atom stereocenters. The number of likely N-dealkylation sites (tertiary alicyclic amines) is 1. The molecule has 36 heavy (non-hydrogen) atoms. The quantitative estimate of drug-likeness (QED) is 0.658. The number of amides is 3. The minimum Gasteiger partial charge on any atom is -0.497 e. The Kier molecular flexibility index (Phi) is 7.40. The molecule has 2 fully saturated rings. The summed E-state index contributed by atoms with van der Waals surface area (Å²) in [6.45, 7) is 7.34. The highest BCUT2D eigenvalue weighted by molar-refractivity contribution is 5.98. The van der Waals surface area contributed by atoms with Crippen molar-refractivity contribution in [3.05, 3.63) is 54.0 Å². The first-order valence-electron chi connectivity index (χ1n) is 12.3. The molecule has 0 bridgehead atoms. The van der Waals surface area contributed by atoms with Gasteiger partial charge in [0.1, 0.15) is 23.3 Å². The maximum atomic E-state index is 13.8. The van der Waals surface area contributed by atoms with E-state index >= 15 is 0 Å². The average molecular weight is 498 g/mol. The lowest BCUT2D eigenvalue weighted by molar-refractivity contribution is -0.145. The van der Waals surface area contributed by atoms with Crippen LogP contribution in [0.1, 0.15) is 56.2 Å². The maximum absolute atomic E-state index is 13.8. The molecule has 0 radical (unpaired) electrons. The van der Waals surface area contributed by atoms with Gasteiger partial charge < -0.3 is 24.1 Å². The van der Waals surface area contributed by atoms with Gasteiger partial charge in [0, 0.05) is 37.9 Å². The first-order chi connectivity index (χ1) is 17.1. The van der Waals surface area contributed by atoms with Gasteiger partial charge >= 0.3 is 0 Å². The number of nitrogens with zero attached hydrogens (tertiary/aromatic N) is 2. The third kappa shape index (κ3) is 5.56. The molecule has 0 saturated carbocycles. The molecule has 9 heteroatoms. The molecule has 2 aliphatic heterocycles. The summed E-state index contributed by atoms with van der Waals surface area (Å²) in [5, 5.41) is 2.87. The monoisotopic (exact) mass is 497 g/mol. The van der Waals surface area contributed by atoms with Gasteiger partial charge in [-0.15, -0.1) is 0 Å². The number of piperidine rings is 1. The Morgan fingerprint density at radius 3 is 2.39 bits per heavy atom. The molecule has 1 spiro atoms. The second-order valence-electron chi connectivity index (χ2n) is 10.6. The van der Waals surface area contributed by atoms with Crippen LogP contribution in [0.5, 0.6) is 5.75 Å². The van der Waals surface area contributed by atoms with Crippen LogP contribution in [0.2, 0.25) is 0 Å². The van der Waals surface area contributed by atoms with Crippen LogP contribution in [0.4, 0.5) is 0 Å². The predicted octanol–water partition coefficient (Wildman–Crippen LogP) is 3.20. The van der Waals surface area contributed by atoms with Gasteiger partial charge in [-0.1, -0.05) is 20.8 Å². The molecule has 0 aliphatic carbocycles. The minimum atomic E-state index is -0.956. The summed E-state index contributed by atoms with van der Waals surface area (Å²) in [4.78, 5) is 43.2. The van der Waals surface area contributed by atoms with Crippen LogP contribution in [0.25, 0.3) is 0 Å². The van der Waals surface area contributed by atoms with Gasteiger partial charge in [-0.05, 0) is 41.8 Å². The zero-order valence-electron chi connectivity index (χ0n) is 21.4. The summed E-state index contributed by atoms with van der Waals surface area (Å²) in [5.41, 5.74) is -0.623. The van der Waals surface area contributed by atoms with E-state index < -0.39 is 11.8 Å². The summed E-state index contributed by atoms with van der Waals surface area (Å²) in [5.74, 6) is 0.753. The number of benzene rings is 1. The molecule has 1 aromatic carbocycles. The van der Waals surface area contributed by atoms with E-state index in [4.69, 9.17) is 13.9 Å². The number of hydrogen-bond donors (Lipinski definition) is 1. The van der Waals surface area contributed by atoms with E-state index in [1.165, 1.54) is 0 Å².